The van der Waals surface area contributed by atoms with Crippen molar-refractivity contribution in [2.45, 2.75) is 0 Å². The fourth-order valence-corrected chi connectivity index (χ4v) is 1.65. The average molecular weight is 289 g/mol. The van der Waals surface area contributed by atoms with Crippen molar-refractivity contribution in [2.75, 3.05) is 10.7 Å². The normalized spacial score (nSPS) is 9.00. The van der Waals surface area contributed by atoms with Crippen LogP contribution in [0.3, 0.4) is 0 Å². The van der Waals surface area contributed by atoms with Crippen LogP contribution >= 0.6 is 0 Å². The number of nitrogens with one attached hydrogen (secondary N) is 2. The van der Waals surface area contributed by atoms with Gasteiger partial charge in [0.1, 0.15) is 12.1 Å². The Morgan fingerprint density at radius 3 is 2.32 bits per heavy atom. The van der Waals surface area contributed by atoms with Crippen LogP contribution in [-0.2, 0) is 0 Å². The van der Waals surface area contributed by atoms with Crippen molar-refractivity contribution < 1.29 is 4.79 Å². The molecule has 0 aromatic heterocycles. The molecule has 0 saturated carbocycles. The Kier molecular flexibility index (Phi) is 4.85. The minimum Gasteiger partial charge on any atom is -0.322 e. The molecule has 0 atom stereocenters. The van der Waals surface area contributed by atoms with Crippen molar-refractivity contribution in [2.24, 2.45) is 5.10 Å². The van der Waals surface area contributed by atoms with Gasteiger partial charge in [-0.2, -0.15) is 15.6 Å². The molecule has 1 amide bonds. The molecule has 2 aromatic rings. The topological polar surface area (TPSA) is 101 Å². The van der Waals surface area contributed by atoms with Crippen LogP contribution in [0.4, 0.5) is 11.4 Å². The summed E-state index contributed by atoms with van der Waals surface area (Å²) in [5.41, 5.74) is 3.99. The zero-order valence-electron chi connectivity index (χ0n) is 11.4. The van der Waals surface area contributed by atoms with Crippen LogP contribution in [0.1, 0.15) is 10.4 Å². The molecule has 0 spiro atoms. The molecule has 0 aliphatic carbocycles. The maximum Gasteiger partial charge on any atom is 0.255 e. The smallest absolute Gasteiger partial charge is 0.255 e. The number of carbonyl (C=O) groups excluding carboxylic acids is 1. The molecular weight excluding hydrogens is 278 g/mol. The van der Waals surface area contributed by atoms with E-state index in [0.717, 1.165) is 0 Å². The molecular formula is C16H11N5O. The summed E-state index contributed by atoms with van der Waals surface area (Å²) in [6.45, 7) is 0. The van der Waals surface area contributed by atoms with Crippen molar-refractivity contribution in [3.8, 4) is 12.1 Å². The Labute approximate surface area is 127 Å². The van der Waals surface area contributed by atoms with Gasteiger partial charge in [0.05, 0.1) is 5.69 Å². The van der Waals surface area contributed by atoms with Crippen molar-refractivity contribution in [1.29, 1.82) is 10.5 Å². The number of hydrazone groups is 1. The van der Waals surface area contributed by atoms with Crippen molar-refractivity contribution in [3.63, 3.8) is 0 Å². The number of nitrogens with zero attached hydrogens (tertiary/aromatic N) is 3. The number of nitriles is 2. The predicted octanol–water partition coefficient (Wildman–Crippen LogP) is 2.75. The molecule has 6 nitrogen and oxygen atoms in total. The summed E-state index contributed by atoms with van der Waals surface area (Å²) in [5.74, 6) is -0.226. The molecule has 0 aliphatic heterocycles. The number of carbonyl (C=O) groups is 1. The van der Waals surface area contributed by atoms with Crippen molar-refractivity contribution >= 4 is 23.0 Å². The summed E-state index contributed by atoms with van der Waals surface area (Å²) < 4.78 is 0. The molecule has 6 heteroatoms. The standard InChI is InChI=1S/C16H11N5O/c17-10-15(11-18)21-20-14-8-4-7-13(9-14)19-16(22)12-5-2-1-3-6-12/h1-9,20H,(H,19,22). The first kappa shape index (κ1) is 14.8. The number of benzene rings is 2. The van der Waals surface area contributed by atoms with Gasteiger partial charge in [0.2, 0.25) is 5.71 Å². The lowest BCUT2D eigenvalue weighted by molar-refractivity contribution is 0.102. The molecule has 0 fully saturated rings. The first-order valence-electron chi connectivity index (χ1n) is 6.33. The van der Waals surface area contributed by atoms with E-state index in [4.69, 9.17) is 10.5 Å². The molecule has 0 unspecified atom stereocenters. The largest absolute Gasteiger partial charge is 0.322 e. The van der Waals surface area contributed by atoms with Crippen LogP contribution in [0, 0.1) is 22.7 Å². The van der Waals surface area contributed by atoms with Crippen LogP contribution in [0.2, 0.25) is 0 Å². The van der Waals surface area contributed by atoms with Gasteiger partial charge < -0.3 is 5.32 Å². The molecule has 0 saturated heterocycles. The third-order valence-electron chi connectivity index (χ3n) is 2.67. The van der Waals surface area contributed by atoms with Gasteiger partial charge in [-0.25, -0.2) is 0 Å². The van der Waals surface area contributed by atoms with Gasteiger partial charge in [0.25, 0.3) is 5.91 Å². The SMILES string of the molecule is N#CC(C#N)=NNc1cccc(NC(=O)c2ccccc2)c1. The van der Waals surface area contributed by atoms with Gasteiger partial charge in [-0.3, -0.25) is 10.2 Å². The van der Waals surface area contributed by atoms with Crippen LogP contribution in [0.5, 0.6) is 0 Å². The Bertz CT molecular complexity index is 768. The van der Waals surface area contributed by atoms with Gasteiger partial charge in [-0.15, -0.1) is 0 Å². The van der Waals surface area contributed by atoms with Crippen molar-refractivity contribution in [1.82, 2.24) is 0 Å². The summed E-state index contributed by atoms with van der Waals surface area (Å²) in [4.78, 5) is 12.0. The van der Waals surface area contributed by atoms with Gasteiger partial charge in [-0.05, 0) is 30.3 Å². The van der Waals surface area contributed by atoms with E-state index in [2.05, 4.69) is 15.8 Å². The Balaban J connectivity index is 2.10. The highest BCUT2D eigenvalue weighted by Gasteiger charge is 2.05. The molecule has 0 radical (unpaired) electrons. The fraction of sp³-hybridized carbons (Fsp3) is 0. The molecule has 2 aromatic carbocycles. The highest BCUT2D eigenvalue weighted by molar-refractivity contribution is 6.10. The number of hydrogen-bond donors (Lipinski definition) is 2. The van der Waals surface area contributed by atoms with Gasteiger partial charge in [0.15, 0.2) is 0 Å². The molecule has 22 heavy (non-hydrogen) atoms. The Morgan fingerprint density at radius 2 is 1.64 bits per heavy atom. The van der Waals surface area contributed by atoms with Gasteiger partial charge in [-0.1, -0.05) is 24.3 Å². The summed E-state index contributed by atoms with van der Waals surface area (Å²) in [6.07, 6.45) is 0. The third kappa shape index (κ3) is 3.92. The third-order valence-corrected chi connectivity index (χ3v) is 2.67. The highest BCUT2D eigenvalue weighted by Crippen LogP contribution is 2.16. The van der Waals surface area contributed by atoms with E-state index in [1.165, 1.54) is 0 Å². The summed E-state index contributed by atoms with van der Waals surface area (Å²) in [6, 6.07) is 18.9. The maximum atomic E-state index is 12.0. The molecule has 0 aliphatic rings. The molecule has 2 rings (SSSR count). The van der Waals surface area contributed by atoms with Crippen LogP contribution in [-0.4, -0.2) is 11.6 Å². The van der Waals surface area contributed by atoms with Crippen LogP contribution in [0.15, 0.2) is 59.7 Å². The highest BCUT2D eigenvalue weighted by atomic mass is 16.1. The first-order chi connectivity index (χ1) is 10.7. The first-order valence-corrected chi connectivity index (χ1v) is 6.33. The zero-order valence-corrected chi connectivity index (χ0v) is 11.4. The minimum atomic E-state index is -0.279. The summed E-state index contributed by atoms with van der Waals surface area (Å²) in [7, 11) is 0. The quantitative estimate of drug-likeness (QED) is 0.667. The second kappa shape index (κ2) is 7.22. The zero-order chi connectivity index (χ0) is 15.8. The Hall–Kier alpha value is -3.64. The lowest BCUT2D eigenvalue weighted by atomic mass is 10.2. The minimum absolute atomic E-state index is 0.226. The number of rotatable bonds is 4. The Morgan fingerprint density at radius 1 is 0.955 bits per heavy atom. The van der Waals surface area contributed by atoms with Crippen LogP contribution in [0.25, 0.3) is 0 Å². The van der Waals surface area contributed by atoms with Crippen LogP contribution < -0.4 is 10.7 Å². The number of anilines is 2. The summed E-state index contributed by atoms with van der Waals surface area (Å²) >= 11 is 0. The summed E-state index contributed by atoms with van der Waals surface area (Å²) in [5, 5.41) is 23.6. The van der Waals surface area contributed by atoms with E-state index in [0.29, 0.717) is 16.9 Å². The van der Waals surface area contributed by atoms with E-state index in [-0.39, 0.29) is 11.6 Å². The average Bonchev–Trinajstić information content (AvgIpc) is 2.57. The number of amides is 1. The molecule has 0 bridgehead atoms. The van der Waals surface area contributed by atoms with E-state index in [1.54, 1.807) is 60.7 Å². The fourth-order valence-electron chi connectivity index (χ4n) is 1.65. The second-order valence-corrected chi connectivity index (χ2v) is 4.20. The van der Waals surface area contributed by atoms with E-state index in [9.17, 15) is 4.79 Å². The van der Waals surface area contributed by atoms with Gasteiger partial charge in [0, 0.05) is 11.3 Å². The van der Waals surface area contributed by atoms with Crippen molar-refractivity contribution in [3.05, 3.63) is 60.2 Å². The molecule has 2 N–H and O–H groups in total. The van der Waals surface area contributed by atoms with E-state index >= 15 is 0 Å². The second-order valence-electron chi connectivity index (χ2n) is 4.20. The van der Waals surface area contributed by atoms with E-state index < -0.39 is 0 Å². The lowest BCUT2D eigenvalue weighted by Gasteiger charge is -2.07. The van der Waals surface area contributed by atoms with Gasteiger partial charge >= 0.3 is 0 Å². The number of hydrogen-bond acceptors (Lipinski definition) is 5. The molecule has 106 valence electrons. The lowest BCUT2D eigenvalue weighted by Crippen LogP contribution is -2.11. The predicted molar refractivity (Wildman–Crippen MR) is 83.1 cm³/mol. The maximum absolute atomic E-state index is 12.0. The monoisotopic (exact) mass is 289 g/mol. The van der Waals surface area contributed by atoms with E-state index in [1.807, 2.05) is 6.07 Å². The molecule has 0 heterocycles.